The molecule has 0 fully saturated rings. The van der Waals surface area contributed by atoms with Crippen LogP contribution in [0.15, 0.2) is 24.3 Å². The van der Waals surface area contributed by atoms with E-state index in [1.54, 1.807) is 0 Å². The molecule has 3 heteroatoms. The van der Waals surface area contributed by atoms with Gasteiger partial charge in [0.25, 0.3) is 0 Å². The normalized spacial score (nSPS) is 13.3. The number of rotatable bonds is 3. The third kappa shape index (κ3) is 2.44. The van der Waals surface area contributed by atoms with E-state index < -0.39 is 0 Å². The maximum atomic E-state index is 6.06. The summed E-state index contributed by atoms with van der Waals surface area (Å²) < 4.78 is 0. The van der Waals surface area contributed by atoms with Crippen molar-refractivity contribution in [2.45, 2.75) is 6.04 Å². The molecule has 0 bridgehead atoms. The molecule has 0 aromatic heterocycles. The predicted molar refractivity (Wildman–Crippen MR) is 56.9 cm³/mol. The van der Waals surface area contributed by atoms with Gasteiger partial charge < -0.3 is 10.6 Å². The van der Waals surface area contributed by atoms with Gasteiger partial charge >= 0.3 is 0 Å². The van der Waals surface area contributed by atoms with Crippen LogP contribution in [0.5, 0.6) is 0 Å². The number of halogens is 1. The SMILES string of the molecule is CN(C)[C@@H](CN)c1ccccc1Cl. The summed E-state index contributed by atoms with van der Waals surface area (Å²) >= 11 is 6.06. The Morgan fingerprint density at radius 3 is 2.46 bits per heavy atom. The van der Waals surface area contributed by atoms with Crippen LogP contribution in [0.2, 0.25) is 5.02 Å². The van der Waals surface area contributed by atoms with Gasteiger partial charge in [-0.05, 0) is 25.7 Å². The molecule has 1 aromatic carbocycles. The maximum Gasteiger partial charge on any atom is 0.0479 e. The molecule has 72 valence electrons. The molecule has 0 spiro atoms. The smallest absolute Gasteiger partial charge is 0.0479 e. The van der Waals surface area contributed by atoms with E-state index in [0.29, 0.717) is 6.54 Å². The van der Waals surface area contributed by atoms with Crippen LogP contribution in [-0.2, 0) is 0 Å². The molecule has 2 N–H and O–H groups in total. The first-order valence-corrected chi connectivity index (χ1v) is 4.65. The van der Waals surface area contributed by atoms with Gasteiger partial charge in [0.15, 0.2) is 0 Å². The van der Waals surface area contributed by atoms with Crippen LogP contribution in [0.25, 0.3) is 0 Å². The topological polar surface area (TPSA) is 29.3 Å². The standard InChI is InChI=1S/C10H15ClN2/c1-13(2)10(7-12)8-5-3-4-6-9(8)11/h3-6,10H,7,12H2,1-2H3/t10-/m0/s1. The molecule has 0 heterocycles. The van der Waals surface area contributed by atoms with Crippen LogP contribution in [0, 0.1) is 0 Å². The molecule has 0 amide bonds. The van der Waals surface area contributed by atoms with Crippen molar-refractivity contribution in [1.29, 1.82) is 0 Å². The van der Waals surface area contributed by atoms with Crippen molar-refractivity contribution in [2.24, 2.45) is 5.73 Å². The molecule has 0 aliphatic carbocycles. The Bertz CT molecular complexity index is 273. The lowest BCUT2D eigenvalue weighted by Gasteiger charge is -2.23. The van der Waals surface area contributed by atoms with Crippen molar-refractivity contribution in [2.75, 3.05) is 20.6 Å². The summed E-state index contributed by atoms with van der Waals surface area (Å²) in [5.74, 6) is 0. The van der Waals surface area contributed by atoms with Gasteiger partial charge in [-0.25, -0.2) is 0 Å². The molecule has 2 nitrogen and oxygen atoms in total. The van der Waals surface area contributed by atoms with Gasteiger partial charge in [-0.2, -0.15) is 0 Å². The quantitative estimate of drug-likeness (QED) is 0.804. The van der Waals surface area contributed by atoms with Crippen LogP contribution in [-0.4, -0.2) is 25.5 Å². The number of nitrogens with zero attached hydrogens (tertiary/aromatic N) is 1. The monoisotopic (exact) mass is 198 g/mol. The van der Waals surface area contributed by atoms with Gasteiger partial charge in [0, 0.05) is 17.6 Å². The summed E-state index contributed by atoms with van der Waals surface area (Å²) in [5.41, 5.74) is 6.77. The van der Waals surface area contributed by atoms with Gasteiger partial charge in [0.2, 0.25) is 0 Å². The molecule has 0 radical (unpaired) electrons. The Hall–Kier alpha value is -0.570. The Morgan fingerprint density at radius 1 is 1.38 bits per heavy atom. The van der Waals surface area contributed by atoms with E-state index in [1.165, 1.54) is 0 Å². The second kappa shape index (κ2) is 4.61. The number of likely N-dealkylation sites (N-methyl/N-ethyl adjacent to an activating group) is 1. The zero-order valence-corrected chi connectivity index (χ0v) is 8.75. The van der Waals surface area contributed by atoms with Crippen LogP contribution >= 0.6 is 11.6 Å². The summed E-state index contributed by atoms with van der Waals surface area (Å²) in [6.45, 7) is 0.580. The third-order valence-corrected chi connectivity index (χ3v) is 2.46. The molecule has 0 saturated carbocycles. The van der Waals surface area contributed by atoms with Crippen molar-refractivity contribution in [1.82, 2.24) is 4.90 Å². The number of benzene rings is 1. The highest BCUT2D eigenvalue weighted by Gasteiger charge is 2.13. The van der Waals surface area contributed by atoms with E-state index in [-0.39, 0.29) is 6.04 Å². The second-order valence-electron chi connectivity index (χ2n) is 3.24. The van der Waals surface area contributed by atoms with Gasteiger partial charge in [-0.3, -0.25) is 0 Å². The number of nitrogens with two attached hydrogens (primary N) is 1. The Balaban J connectivity index is 2.97. The minimum Gasteiger partial charge on any atom is -0.329 e. The van der Waals surface area contributed by atoms with Crippen molar-refractivity contribution in [3.8, 4) is 0 Å². The summed E-state index contributed by atoms with van der Waals surface area (Å²) in [6.07, 6.45) is 0. The summed E-state index contributed by atoms with van der Waals surface area (Å²) in [6, 6.07) is 8.01. The van der Waals surface area contributed by atoms with E-state index in [2.05, 4.69) is 4.90 Å². The van der Waals surface area contributed by atoms with Crippen molar-refractivity contribution in [3.05, 3.63) is 34.9 Å². The highest BCUT2D eigenvalue weighted by atomic mass is 35.5. The van der Waals surface area contributed by atoms with Gasteiger partial charge in [-0.1, -0.05) is 29.8 Å². The average Bonchev–Trinajstić information content (AvgIpc) is 2.09. The highest BCUT2D eigenvalue weighted by Crippen LogP contribution is 2.24. The van der Waals surface area contributed by atoms with E-state index in [9.17, 15) is 0 Å². The van der Waals surface area contributed by atoms with Crippen LogP contribution < -0.4 is 5.73 Å². The fourth-order valence-corrected chi connectivity index (χ4v) is 1.62. The lowest BCUT2D eigenvalue weighted by Crippen LogP contribution is -2.27. The summed E-state index contributed by atoms with van der Waals surface area (Å²) in [7, 11) is 4.00. The first-order valence-electron chi connectivity index (χ1n) is 4.27. The second-order valence-corrected chi connectivity index (χ2v) is 3.64. The van der Waals surface area contributed by atoms with Crippen LogP contribution in [0.3, 0.4) is 0 Å². The summed E-state index contributed by atoms with van der Waals surface area (Å²) in [5, 5.41) is 0.784. The molecule has 1 aromatic rings. The average molecular weight is 199 g/mol. The van der Waals surface area contributed by atoms with Crippen LogP contribution in [0.1, 0.15) is 11.6 Å². The predicted octanol–water partition coefficient (Wildman–Crippen LogP) is 1.90. The van der Waals surface area contributed by atoms with Crippen molar-refractivity contribution in [3.63, 3.8) is 0 Å². The maximum absolute atomic E-state index is 6.06. The molecule has 0 saturated heterocycles. The minimum atomic E-state index is 0.202. The first-order chi connectivity index (χ1) is 6.16. The lowest BCUT2D eigenvalue weighted by atomic mass is 10.1. The molecular formula is C10H15ClN2. The lowest BCUT2D eigenvalue weighted by molar-refractivity contribution is 0.306. The zero-order chi connectivity index (χ0) is 9.84. The van der Waals surface area contributed by atoms with Gasteiger partial charge in [0.1, 0.15) is 0 Å². The van der Waals surface area contributed by atoms with Crippen LogP contribution in [0.4, 0.5) is 0 Å². The third-order valence-electron chi connectivity index (χ3n) is 2.11. The largest absolute Gasteiger partial charge is 0.329 e. The van der Waals surface area contributed by atoms with Gasteiger partial charge in [-0.15, -0.1) is 0 Å². The molecule has 0 aliphatic rings. The molecular weight excluding hydrogens is 184 g/mol. The number of hydrogen-bond donors (Lipinski definition) is 1. The molecule has 13 heavy (non-hydrogen) atoms. The highest BCUT2D eigenvalue weighted by molar-refractivity contribution is 6.31. The van der Waals surface area contributed by atoms with E-state index >= 15 is 0 Å². The van der Waals surface area contributed by atoms with Gasteiger partial charge in [0.05, 0.1) is 0 Å². The minimum absolute atomic E-state index is 0.202. The number of hydrogen-bond acceptors (Lipinski definition) is 2. The van der Waals surface area contributed by atoms with E-state index in [1.807, 2.05) is 38.4 Å². The molecule has 1 rings (SSSR count). The zero-order valence-electron chi connectivity index (χ0n) is 8.00. The Morgan fingerprint density at radius 2 is 2.00 bits per heavy atom. The van der Waals surface area contributed by atoms with Crippen molar-refractivity contribution < 1.29 is 0 Å². The Kier molecular flexibility index (Phi) is 3.72. The Labute approximate surface area is 84.3 Å². The fourth-order valence-electron chi connectivity index (χ4n) is 1.36. The van der Waals surface area contributed by atoms with Crippen molar-refractivity contribution >= 4 is 11.6 Å². The molecule has 0 unspecified atom stereocenters. The first kappa shape index (κ1) is 10.5. The molecule has 1 atom stereocenters. The fraction of sp³-hybridized carbons (Fsp3) is 0.400. The van der Waals surface area contributed by atoms with E-state index in [0.717, 1.165) is 10.6 Å². The summed E-state index contributed by atoms with van der Waals surface area (Å²) in [4.78, 5) is 2.07. The van der Waals surface area contributed by atoms with E-state index in [4.69, 9.17) is 17.3 Å². The molecule has 0 aliphatic heterocycles.